The molecule has 0 aliphatic rings. The maximum absolute atomic E-state index is 13.4. The highest BCUT2D eigenvalue weighted by molar-refractivity contribution is 7.91. The van der Waals surface area contributed by atoms with Crippen molar-refractivity contribution in [3.63, 3.8) is 0 Å². The Morgan fingerprint density at radius 2 is 1.85 bits per heavy atom. The van der Waals surface area contributed by atoms with Crippen LogP contribution in [0, 0.1) is 0 Å². The highest BCUT2D eigenvalue weighted by Crippen LogP contribution is 2.36. The molecule has 0 spiro atoms. The average Bonchev–Trinajstić information content (AvgIpc) is 3.52. The van der Waals surface area contributed by atoms with Gasteiger partial charge in [0.15, 0.2) is 11.5 Å². The Balaban J connectivity index is 1.66. The first-order valence-electron chi connectivity index (χ1n) is 10.4. The molecule has 0 atom stereocenters. The summed E-state index contributed by atoms with van der Waals surface area (Å²) in [6.45, 7) is 2.01. The molecule has 5 rings (SSSR count). The van der Waals surface area contributed by atoms with E-state index >= 15 is 0 Å². The van der Waals surface area contributed by atoms with Gasteiger partial charge in [-0.05, 0) is 47.7 Å². The number of nitrogens with zero attached hydrogens (tertiary/aromatic N) is 4. The molecule has 5 aromatic rings. The van der Waals surface area contributed by atoms with E-state index in [1.807, 2.05) is 24.4 Å². The fourth-order valence-electron chi connectivity index (χ4n) is 3.63. The molecule has 34 heavy (non-hydrogen) atoms. The molecule has 3 aromatic heterocycles. The maximum atomic E-state index is 13.4. The van der Waals surface area contributed by atoms with Gasteiger partial charge in [0, 0.05) is 6.07 Å². The van der Waals surface area contributed by atoms with Gasteiger partial charge in [-0.25, -0.2) is 13.4 Å². The molecule has 0 unspecified atom stereocenters. The van der Waals surface area contributed by atoms with Crippen molar-refractivity contribution in [2.75, 3.05) is 19.5 Å². The van der Waals surface area contributed by atoms with Crippen molar-refractivity contribution in [1.82, 2.24) is 19.8 Å². The first-order chi connectivity index (χ1) is 16.5. The minimum absolute atomic E-state index is 0.139. The van der Waals surface area contributed by atoms with E-state index < -0.39 is 9.84 Å². The van der Waals surface area contributed by atoms with Gasteiger partial charge in [0.2, 0.25) is 14.9 Å². The smallest absolute Gasteiger partial charge is 0.229 e. The fraction of sp³-hybridized carbons (Fsp3) is 0.174. The van der Waals surface area contributed by atoms with Crippen LogP contribution < -0.4 is 14.8 Å². The lowest BCUT2D eigenvalue weighted by Gasteiger charge is -2.13. The van der Waals surface area contributed by atoms with Gasteiger partial charge in [-0.3, -0.25) is 0 Å². The number of methoxy groups -OCH3 is 2. The van der Waals surface area contributed by atoms with Crippen LogP contribution in [-0.4, -0.2) is 42.4 Å². The minimum Gasteiger partial charge on any atom is -0.497 e. The first-order valence-corrected chi connectivity index (χ1v) is 12.8. The highest BCUT2D eigenvalue weighted by Gasteiger charge is 2.27. The Bertz CT molecular complexity index is 1610. The predicted molar refractivity (Wildman–Crippen MR) is 130 cm³/mol. The van der Waals surface area contributed by atoms with Gasteiger partial charge in [-0.15, -0.1) is 16.4 Å². The van der Waals surface area contributed by atoms with E-state index in [9.17, 15) is 8.42 Å². The first kappa shape index (κ1) is 22.1. The Morgan fingerprint density at radius 3 is 2.56 bits per heavy atom. The number of hydrogen-bond donors (Lipinski definition) is 1. The van der Waals surface area contributed by atoms with Crippen LogP contribution in [0.5, 0.6) is 11.5 Å². The molecule has 0 radical (unpaired) electrons. The Morgan fingerprint density at radius 1 is 1.06 bits per heavy atom. The lowest BCUT2D eigenvalue weighted by Crippen LogP contribution is -2.05. The third-order valence-electron chi connectivity index (χ3n) is 5.48. The number of fused-ring (bicyclic) bond motifs is 3. The number of rotatable bonds is 7. The van der Waals surface area contributed by atoms with Crippen molar-refractivity contribution >= 4 is 48.5 Å². The molecule has 2 aromatic carbocycles. The standard InChI is InChI=1S/C23H21N5O4S2/c1-4-14-5-8-16(9-6-14)34(29,30)23-22-25-21(20-18(11-12-33-20)28(22)27-26-23)24-17-10-7-15(31-2)13-19(17)32-3/h5-13H,4H2,1-3H3,(H,24,25). The molecule has 0 aliphatic carbocycles. The van der Waals surface area contributed by atoms with E-state index in [2.05, 4.69) is 20.6 Å². The van der Waals surface area contributed by atoms with Crippen LogP contribution in [0.2, 0.25) is 0 Å². The highest BCUT2D eigenvalue weighted by atomic mass is 32.2. The molecule has 0 bridgehead atoms. The number of aromatic nitrogens is 4. The molecule has 174 valence electrons. The molecule has 0 fully saturated rings. The zero-order valence-corrected chi connectivity index (χ0v) is 20.3. The van der Waals surface area contributed by atoms with Crippen LogP contribution in [0.3, 0.4) is 0 Å². The van der Waals surface area contributed by atoms with Crippen molar-refractivity contribution < 1.29 is 17.9 Å². The van der Waals surface area contributed by atoms with Gasteiger partial charge in [-0.1, -0.05) is 24.3 Å². The quantitative estimate of drug-likeness (QED) is 0.352. The summed E-state index contributed by atoms with van der Waals surface area (Å²) in [5.74, 6) is 1.68. The third-order valence-corrected chi connectivity index (χ3v) is 8.06. The summed E-state index contributed by atoms with van der Waals surface area (Å²) in [5, 5.41) is 13.1. The summed E-state index contributed by atoms with van der Waals surface area (Å²) in [4.78, 5) is 4.79. The zero-order chi connectivity index (χ0) is 23.9. The van der Waals surface area contributed by atoms with Crippen LogP contribution in [0.1, 0.15) is 12.5 Å². The molecular formula is C23H21N5O4S2. The van der Waals surface area contributed by atoms with Gasteiger partial charge >= 0.3 is 0 Å². The molecule has 1 N–H and O–H groups in total. The largest absolute Gasteiger partial charge is 0.497 e. The second-order valence-corrected chi connectivity index (χ2v) is 10.2. The van der Waals surface area contributed by atoms with Crippen molar-refractivity contribution in [2.24, 2.45) is 0 Å². The number of aryl methyl sites for hydroxylation is 1. The van der Waals surface area contributed by atoms with Crippen molar-refractivity contribution in [3.8, 4) is 11.5 Å². The Labute approximate surface area is 199 Å². The average molecular weight is 496 g/mol. The van der Waals surface area contributed by atoms with E-state index in [1.165, 1.54) is 15.9 Å². The van der Waals surface area contributed by atoms with Gasteiger partial charge in [-0.2, -0.15) is 4.52 Å². The monoisotopic (exact) mass is 495 g/mol. The van der Waals surface area contributed by atoms with E-state index in [-0.39, 0.29) is 15.6 Å². The van der Waals surface area contributed by atoms with E-state index in [0.29, 0.717) is 28.5 Å². The SMILES string of the molecule is CCc1ccc(S(=O)(=O)c2nnn3c2nc(Nc2ccc(OC)cc2OC)c2sccc23)cc1. The normalized spacial score (nSPS) is 11.7. The van der Waals surface area contributed by atoms with Gasteiger partial charge < -0.3 is 14.8 Å². The van der Waals surface area contributed by atoms with Crippen molar-refractivity contribution in [1.29, 1.82) is 0 Å². The minimum atomic E-state index is -3.93. The summed E-state index contributed by atoms with van der Waals surface area (Å²) in [5.41, 5.74) is 2.53. The fourth-order valence-corrected chi connectivity index (χ4v) is 5.68. The van der Waals surface area contributed by atoms with Crippen LogP contribution in [0.4, 0.5) is 11.5 Å². The van der Waals surface area contributed by atoms with E-state index in [1.54, 1.807) is 50.6 Å². The summed E-state index contributed by atoms with van der Waals surface area (Å²) < 4.78 is 39.8. The lowest BCUT2D eigenvalue weighted by atomic mass is 10.2. The van der Waals surface area contributed by atoms with Crippen LogP contribution in [-0.2, 0) is 16.3 Å². The van der Waals surface area contributed by atoms with Crippen LogP contribution in [0.15, 0.2) is 63.8 Å². The summed E-state index contributed by atoms with van der Waals surface area (Å²) in [7, 11) is -0.790. The summed E-state index contributed by atoms with van der Waals surface area (Å²) >= 11 is 1.46. The van der Waals surface area contributed by atoms with Crippen molar-refractivity contribution in [2.45, 2.75) is 23.3 Å². The topological polar surface area (TPSA) is 108 Å². The second-order valence-electron chi connectivity index (χ2n) is 7.42. The Kier molecular flexibility index (Phi) is 5.58. The lowest BCUT2D eigenvalue weighted by molar-refractivity contribution is 0.395. The van der Waals surface area contributed by atoms with E-state index in [4.69, 9.17) is 9.47 Å². The molecule has 0 saturated heterocycles. The molecular weight excluding hydrogens is 474 g/mol. The Hall–Kier alpha value is -3.70. The van der Waals surface area contributed by atoms with Crippen LogP contribution in [0.25, 0.3) is 15.9 Å². The number of sulfone groups is 1. The van der Waals surface area contributed by atoms with Gasteiger partial charge in [0.1, 0.15) is 11.5 Å². The second kappa shape index (κ2) is 8.58. The molecule has 11 heteroatoms. The third kappa shape index (κ3) is 3.62. The number of benzene rings is 2. The molecule has 0 saturated carbocycles. The molecule has 3 heterocycles. The molecule has 0 aliphatic heterocycles. The molecule has 9 nitrogen and oxygen atoms in total. The number of nitrogens with one attached hydrogen (secondary N) is 1. The number of anilines is 2. The summed E-state index contributed by atoms with van der Waals surface area (Å²) in [6, 6.07) is 14.0. The number of hydrogen-bond acceptors (Lipinski definition) is 9. The number of thiophene rings is 1. The maximum Gasteiger partial charge on any atom is 0.229 e. The molecule has 0 amide bonds. The van der Waals surface area contributed by atoms with Crippen molar-refractivity contribution in [3.05, 3.63) is 59.5 Å². The van der Waals surface area contributed by atoms with Gasteiger partial charge in [0.05, 0.1) is 35.0 Å². The van der Waals surface area contributed by atoms with E-state index in [0.717, 1.165) is 16.7 Å². The number of ether oxygens (including phenoxy) is 2. The zero-order valence-electron chi connectivity index (χ0n) is 18.6. The summed E-state index contributed by atoms with van der Waals surface area (Å²) in [6.07, 6.45) is 0.816. The predicted octanol–water partition coefficient (Wildman–Crippen LogP) is 4.50. The van der Waals surface area contributed by atoms with Gasteiger partial charge in [0.25, 0.3) is 0 Å². The van der Waals surface area contributed by atoms with Crippen LogP contribution >= 0.6 is 11.3 Å².